The Bertz CT molecular complexity index is 1220. The highest BCUT2D eigenvalue weighted by Gasteiger charge is 2.27. The van der Waals surface area contributed by atoms with Crippen molar-refractivity contribution in [3.05, 3.63) is 40.3 Å². The molecule has 10 heteroatoms. The van der Waals surface area contributed by atoms with Gasteiger partial charge in [0.15, 0.2) is 11.0 Å². The number of thiophene rings is 1. The maximum absolute atomic E-state index is 12.8. The molecule has 192 valence electrons. The van der Waals surface area contributed by atoms with Crippen molar-refractivity contribution in [2.45, 2.75) is 51.6 Å². The minimum Gasteiger partial charge on any atom is -0.493 e. The van der Waals surface area contributed by atoms with Crippen LogP contribution in [0.1, 0.15) is 54.4 Å². The molecule has 0 saturated heterocycles. The van der Waals surface area contributed by atoms with Gasteiger partial charge in [-0.2, -0.15) is 0 Å². The number of fused-ring (bicyclic) bond motifs is 1. The number of esters is 1. The van der Waals surface area contributed by atoms with Crippen molar-refractivity contribution in [1.29, 1.82) is 0 Å². The van der Waals surface area contributed by atoms with Gasteiger partial charge in [-0.25, -0.2) is 4.79 Å². The summed E-state index contributed by atoms with van der Waals surface area (Å²) in [5.74, 6) is 1.58. The van der Waals surface area contributed by atoms with E-state index >= 15 is 0 Å². The van der Waals surface area contributed by atoms with Crippen molar-refractivity contribution in [1.82, 2.24) is 14.8 Å². The van der Waals surface area contributed by atoms with E-state index in [4.69, 9.17) is 9.47 Å². The molecule has 0 saturated carbocycles. The smallest absolute Gasteiger partial charge is 0.341 e. The summed E-state index contributed by atoms with van der Waals surface area (Å²) in [5, 5.41) is 12.8. The molecule has 0 fully saturated rings. The van der Waals surface area contributed by atoms with E-state index in [1.165, 1.54) is 28.0 Å². The Morgan fingerprint density at radius 1 is 1.17 bits per heavy atom. The number of anilines is 1. The lowest BCUT2D eigenvalue weighted by Crippen LogP contribution is -2.17. The number of hydrogen-bond acceptors (Lipinski definition) is 8. The number of carbonyl (C=O) groups excluding carboxylic acids is 2. The average molecular weight is 529 g/mol. The molecular formula is C26H32N4O4S2. The Labute approximate surface area is 219 Å². The molecular weight excluding hydrogens is 496 g/mol. The molecule has 0 bridgehead atoms. The zero-order valence-corrected chi connectivity index (χ0v) is 22.8. The largest absolute Gasteiger partial charge is 0.493 e. The summed E-state index contributed by atoms with van der Waals surface area (Å²) in [6, 6.07) is 7.76. The van der Waals surface area contributed by atoms with E-state index in [-0.39, 0.29) is 17.6 Å². The van der Waals surface area contributed by atoms with Crippen LogP contribution in [-0.4, -0.2) is 45.6 Å². The van der Waals surface area contributed by atoms with Crippen molar-refractivity contribution < 1.29 is 19.1 Å². The minimum atomic E-state index is -0.363. The molecule has 1 amide bonds. The van der Waals surface area contributed by atoms with Gasteiger partial charge in [-0.1, -0.05) is 25.6 Å². The Morgan fingerprint density at radius 3 is 2.64 bits per heavy atom. The topological polar surface area (TPSA) is 95.3 Å². The normalized spacial score (nSPS) is 12.9. The van der Waals surface area contributed by atoms with Crippen LogP contribution in [0.2, 0.25) is 0 Å². The fourth-order valence-electron chi connectivity index (χ4n) is 4.02. The SMILES string of the molecule is CCOC(=O)c1c(NC(=O)CSc2nnc(-c3ccc(OCC(C)C)cc3)n2C)sc2c1CCCC2. The van der Waals surface area contributed by atoms with E-state index < -0.39 is 0 Å². The molecule has 4 rings (SSSR count). The highest BCUT2D eigenvalue weighted by atomic mass is 32.2. The molecule has 1 aliphatic rings. The van der Waals surface area contributed by atoms with Crippen LogP contribution >= 0.6 is 23.1 Å². The van der Waals surface area contributed by atoms with E-state index in [1.807, 2.05) is 35.9 Å². The summed E-state index contributed by atoms with van der Waals surface area (Å²) in [5.41, 5.74) is 2.48. The zero-order valence-electron chi connectivity index (χ0n) is 21.1. The van der Waals surface area contributed by atoms with Gasteiger partial charge in [0.25, 0.3) is 0 Å². The van der Waals surface area contributed by atoms with E-state index in [9.17, 15) is 9.59 Å². The summed E-state index contributed by atoms with van der Waals surface area (Å²) in [7, 11) is 1.88. The molecule has 0 spiro atoms. The lowest BCUT2D eigenvalue weighted by molar-refractivity contribution is -0.113. The average Bonchev–Trinajstić information content (AvgIpc) is 3.41. The molecule has 0 atom stereocenters. The van der Waals surface area contributed by atoms with Crippen LogP contribution in [-0.2, 0) is 29.4 Å². The summed E-state index contributed by atoms with van der Waals surface area (Å²) in [6.07, 6.45) is 3.92. The molecule has 1 N–H and O–H groups in total. The number of aryl methyl sites for hydroxylation is 1. The van der Waals surface area contributed by atoms with Crippen molar-refractivity contribution in [2.24, 2.45) is 13.0 Å². The van der Waals surface area contributed by atoms with Crippen molar-refractivity contribution in [3.8, 4) is 17.1 Å². The van der Waals surface area contributed by atoms with E-state index in [2.05, 4.69) is 29.4 Å². The monoisotopic (exact) mass is 528 g/mol. The fraction of sp³-hybridized carbons (Fsp3) is 0.462. The molecule has 36 heavy (non-hydrogen) atoms. The number of nitrogens with one attached hydrogen (secondary N) is 1. The van der Waals surface area contributed by atoms with Crippen LogP contribution in [0.5, 0.6) is 5.75 Å². The van der Waals surface area contributed by atoms with Crippen LogP contribution in [0, 0.1) is 5.92 Å². The predicted molar refractivity (Wildman–Crippen MR) is 143 cm³/mol. The summed E-state index contributed by atoms with van der Waals surface area (Å²) < 4.78 is 12.9. The number of carbonyl (C=O) groups is 2. The zero-order chi connectivity index (χ0) is 25.7. The molecule has 1 aromatic carbocycles. The van der Waals surface area contributed by atoms with Gasteiger partial charge in [-0.15, -0.1) is 21.5 Å². The third kappa shape index (κ3) is 6.10. The molecule has 8 nitrogen and oxygen atoms in total. The first-order chi connectivity index (χ1) is 17.4. The number of ether oxygens (including phenoxy) is 2. The van der Waals surface area contributed by atoms with Crippen molar-refractivity contribution >= 4 is 40.0 Å². The van der Waals surface area contributed by atoms with Crippen molar-refractivity contribution in [3.63, 3.8) is 0 Å². The lowest BCUT2D eigenvalue weighted by Gasteiger charge is -2.12. The number of thioether (sulfide) groups is 1. The molecule has 0 unspecified atom stereocenters. The lowest BCUT2D eigenvalue weighted by atomic mass is 9.95. The number of benzene rings is 1. The maximum Gasteiger partial charge on any atom is 0.341 e. The first-order valence-corrected chi connectivity index (χ1v) is 14.0. The Kier molecular flexibility index (Phi) is 8.68. The summed E-state index contributed by atoms with van der Waals surface area (Å²) in [4.78, 5) is 26.6. The first-order valence-electron chi connectivity index (χ1n) is 12.2. The van der Waals surface area contributed by atoms with E-state index in [0.717, 1.165) is 42.6 Å². The number of aromatic nitrogens is 3. The third-order valence-electron chi connectivity index (χ3n) is 5.77. The van der Waals surface area contributed by atoms with Gasteiger partial charge >= 0.3 is 5.97 Å². The van der Waals surface area contributed by atoms with Crippen LogP contribution in [0.4, 0.5) is 5.00 Å². The van der Waals surface area contributed by atoms with Crippen LogP contribution in [0.3, 0.4) is 0 Å². The van der Waals surface area contributed by atoms with Gasteiger partial charge in [0.2, 0.25) is 5.91 Å². The Morgan fingerprint density at radius 2 is 1.92 bits per heavy atom. The molecule has 2 aromatic heterocycles. The predicted octanol–water partition coefficient (Wildman–Crippen LogP) is 5.36. The van der Waals surface area contributed by atoms with Gasteiger partial charge in [-0.05, 0) is 68.4 Å². The van der Waals surface area contributed by atoms with Crippen molar-refractivity contribution in [2.75, 3.05) is 24.3 Å². The second-order valence-electron chi connectivity index (χ2n) is 9.07. The number of hydrogen-bond donors (Lipinski definition) is 1. The number of rotatable bonds is 10. The second kappa shape index (κ2) is 11.9. The molecule has 0 radical (unpaired) electrons. The van der Waals surface area contributed by atoms with Gasteiger partial charge in [0.1, 0.15) is 10.8 Å². The van der Waals surface area contributed by atoms with Gasteiger partial charge < -0.3 is 19.4 Å². The van der Waals surface area contributed by atoms with Crippen LogP contribution < -0.4 is 10.1 Å². The molecule has 0 aliphatic heterocycles. The standard InChI is InChI=1S/C26H32N4O4S2/c1-5-33-25(32)22-19-8-6-7-9-20(19)36-24(22)27-21(31)15-35-26-29-28-23(30(26)4)17-10-12-18(13-11-17)34-14-16(2)3/h10-13,16H,5-9,14-15H2,1-4H3,(H,27,31). The van der Waals surface area contributed by atoms with Gasteiger partial charge in [0.05, 0.1) is 24.5 Å². The first kappa shape index (κ1) is 26.2. The number of amides is 1. The minimum absolute atomic E-state index is 0.152. The third-order valence-corrected chi connectivity index (χ3v) is 7.99. The molecule has 1 aliphatic carbocycles. The Hall–Kier alpha value is -2.85. The Balaban J connectivity index is 1.40. The maximum atomic E-state index is 12.8. The fourth-order valence-corrected chi connectivity index (χ4v) is 6.03. The second-order valence-corrected chi connectivity index (χ2v) is 11.1. The summed E-state index contributed by atoms with van der Waals surface area (Å²) in [6.45, 7) is 6.98. The quantitative estimate of drug-likeness (QED) is 0.279. The molecule has 3 aromatic rings. The van der Waals surface area contributed by atoms with E-state index in [0.29, 0.717) is 40.7 Å². The van der Waals surface area contributed by atoms with Crippen LogP contribution in [0.15, 0.2) is 29.4 Å². The molecule has 2 heterocycles. The number of nitrogens with zero attached hydrogens (tertiary/aromatic N) is 3. The highest BCUT2D eigenvalue weighted by molar-refractivity contribution is 7.99. The summed E-state index contributed by atoms with van der Waals surface area (Å²) >= 11 is 2.80. The highest BCUT2D eigenvalue weighted by Crippen LogP contribution is 2.38. The van der Waals surface area contributed by atoms with E-state index in [1.54, 1.807) is 6.92 Å². The van der Waals surface area contributed by atoms with Gasteiger partial charge in [0, 0.05) is 17.5 Å². The van der Waals surface area contributed by atoms with Gasteiger partial charge in [-0.3, -0.25) is 4.79 Å². The van der Waals surface area contributed by atoms with Crippen LogP contribution in [0.25, 0.3) is 11.4 Å².